The Kier molecular flexibility index (Phi) is 2.44. The van der Waals surface area contributed by atoms with Gasteiger partial charge in [-0.05, 0) is 31.6 Å². The lowest BCUT2D eigenvalue weighted by molar-refractivity contribution is -0.336. The molecule has 2 bridgehead atoms. The third kappa shape index (κ3) is 1.94. The molecule has 2 unspecified atom stereocenters. The Labute approximate surface area is 67.8 Å². The van der Waals surface area contributed by atoms with E-state index in [1.165, 1.54) is 38.5 Å². The topological polar surface area (TPSA) is 18.5 Å². The summed E-state index contributed by atoms with van der Waals surface area (Å²) in [5, 5.41) is 0. The summed E-state index contributed by atoms with van der Waals surface area (Å²) in [6.45, 7) is 0.799. The van der Waals surface area contributed by atoms with Crippen LogP contribution in [-0.2, 0) is 9.78 Å². The van der Waals surface area contributed by atoms with Gasteiger partial charge in [-0.2, -0.15) is 0 Å². The van der Waals surface area contributed by atoms with Crippen LogP contribution in [0.15, 0.2) is 0 Å². The lowest BCUT2D eigenvalue weighted by Crippen LogP contribution is -2.25. The Balaban J connectivity index is 1.90. The van der Waals surface area contributed by atoms with Gasteiger partial charge in [-0.15, -0.1) is 0 Å². The van der Waals surface area contributed by atoms with Crippen LogP contribution >= 0.6 is 0 Å². The zero-order chi connectivity index (χ0) is 7.52. The van der Waals surface area contributed by atoms with E-state index in [1.807, 2.05) is 0 Å². The molecule has 0 aromatic heterocycles. The Bertz CT molecular complexity index is 113. The summed E-state index contributed by atoms with van der Waals surface area (Å²) >= 11 is 0. The van der Waals surface area contributed by atoms with E-state index in [4.69, 9.17) is 9.78 Å². The van der Waals surface area contributed by atoms with E-state index >= 15 is 0 Å². The summed E-state index contributed by atoms with van der Waals surface area (Å²) in [4.78, 5) is 10.3. The highest BCUT2D eigenvalue weighted by atomic mass is 17.2. The van der Waals surface area contributed by atoms with Crippen molar-refractivity contribution in [3.05, 3.63) is 0 Å². The lowest BCUT2D eigenvalue weighted by atomic mass is 9.84. The van der Waals surface area contributed by atoms with E-state index in [-0.39, 0.29) is 0 Å². The second kappa shape index (κ2) is 3.55. The zero-order valence-electron chi connectivity index (χ0n) is 6.92. The Morgan fingerprint density at radius 2 is 1.91 bits per heavy atom. The van der Waals surface area contributed by atoms with Crippen LogP contribution in [-0.4, -0.2) is 12.7 Å². The summed E-state index contributed by atoms with van der Waals surface area (Å²) in [5.41, 5.74) is 0. The molecule has 1 heterocycles. The molecule has 1 saturated carbocycles. The zero-order valence-corrected chi connectivity index (χ0v) is 6.92. The standard InChI is InChI=1S/C9H16O2/c1-3-8-4-2-6-10-11-9(5-1)7-8/h8-9H,1-7H2. The van der Waals surface area contributed by atoms with Gasteiger partial charge in [0.05, 0.1) is 12.7 Å². The number of fused-ring (bicyclic) bond motifs is 2. The monoisotopic (exact) mass is 156 g/mol. The van der Waals surface area contributed by atoms with Gasteiger partial charge in [-0.1, -0.05) is 12.8 Å². The van der Waals surface area contributed by atoms with E-state index in [9.17, 15) is 0 Å². The predicted octanol–water partition coefficient (Wildman–Crippen LogP) is 2.29. The van der Waals surface area contributed by atoms with Crippen LogP contribution in [0.3, 0.4) is 0 Å². The molecular weight excluding hydrogens is 140 g/mol. The first-order chi connectivity index (χ1) is 5.45. The summed E-state index contributed by atoms with van der Waals surface area (Å²) in [6.07, 6.45) is 8.13. The highest BCUT2D eigenvalue weighted by Crippen LogP contribution is 2.30. The molecule has 2 heteroatoms. The molecule has 0 radical (unpaired) electrons. The van der Waals surface area contributed by atoms with Crippen molar-refractivity contribution in [1.82, 2.24) is 0 Å². The molecule has 11 heavy (non-hydrogen) atoms. The molecule has 0 spiro atoms. The molecule has 2 rings (SSSR count). The minimum absolute atomic E-state index is 0.411. The lowest BCUT2D eigenvalue weighted by Gasteiger charge is -2.30. The van der Waals surface area contributed by atoms with E-state index in [2.05, 4.69) is 0 Å². The number of rotatable bonds is 0. The van der Waals surface area contributed by atoms with Crippen molar-refractivity contribution in [1.29, 1.82) is 0 Å². The molecule has 2 nitrogen and oxygen atoms in total. The third-order valence-electron chi connectivity index (χ3n) is 2.78. The fraction of sp³-hybridized carbons (Fsp3) is 1.00. The van der Waals surface area contributed by atoms with Gasteiger partial charge in [-0.3, -0.25) is 0 Å². The fourth-order valence-corrected chi connectivity index (χ4v) is 2.17. The maximum absolute atomic E-state index is 5.25. The second-order valence-corrected chi connectivity index (χ2v) is 3.72. The fourth-order valence-electron chi connectivity index (χ4n) is 2.17. The van der Waals surface area contributed by atoms with Crippen LogP contribution in [0.4, 0.5) is 0 Å². The van der Waals surface area contributed by atoms with Crippen LogP contribution in [0.2, 0.25) is 0 Å². The van der Waals surface area contributed by atoms with Gasteiger partial charge in [-0.25, -0.2) is 9.78 Å². The van der Waals surface area contributed by atoms with Crippen LogP contribution < -0.4 is 0 Å². The van der Waals surface area contributed by atoms with Crippen molar-refractivity contribution < 1.29 is 9.78 Å². The summed E-state index contributed by atoms with van der Waals surface area (Å²) < 4.78 is 0. The van der Waals surface area contributed by atoms with Crippen molar-refractivity contribution in [2.75, 3.05) is 6.61 Å². The average molecular weight is 156 g/mol. The molecule has 2 fully saturated rings. The van der Waals surface area contributed by atoms with Gasteiger partial charge in [0, 0.05) is 0 Å². The summed E-state index contributed by atoms with van der Waals surface area (Å²) in [7, 11) is 0. The predicted molar refractivity (Wildman–Crippen MR) is 42.0 cm³/mol. The molecule has 1 aliphatic heterocycles. The molecule has 0 aromatic rings. The molecule has 0 N–H and O–H groups in total. The molecule has 0 amide bonds. The van der Waals surface area contributed by atoms with Crippen molar-refractivity contribution in [2.24, 2.45) is 5.92 Å². The van der Waals surface area contributed by atoms with Crippen molar-refractivity contribution in [3.63, 3.8) is 0 Å². The average Bonchev–Trinajstić information content (AvgIpc) is 2.02. The quantitative estimate of drug-likeness (QED) is 0.501. The van der Waals surface area contributed by atoms with Crippen LogP contribution in [0.1, 0.15) is 38.5 Å². The maximum atomic E-state index is 5.25. The summed E-state index contributed by atoms with van der Waals surface area (Å²) in [6, 6.07) is 0. The van der Waals surface area contributed by atoms with Gasteiger partial charge in [0.25, 0.3) is 0 Å². The van der Waals surface area contributed by atoms with Crippen LogP contribution in [0.5, 0.6) is 0 Å². The van der Waals surface area contributed by atoms with Crippen molar-refractivity contribution in [2.45, 2.75) is 44.6 Å². The van der Waals surface area contributed by atoms with Crippen molar-refractivity contribution in [3.8, 4) is 0 Å². The molecule has 2 atom stereocenters. The van der Waals surface area contributed by atoms with E-state index < -0.39 is 0 Å². The molecule has 1 aliphatic carbocycles. The largest absolute Gasteiger partial charge is 0.236 e. The minimum Gasteiger partial charge on any atom is -0.236 e. The van der Waals surface area contributed by atoms with Gasteiger partial charge < -0.3 is 0 Å². The van der Waals surface area contributed by atoms with E-state index in [1.54, 1.807) is 0 Å². The third-order valence-corrected chi connectivity index (χ3v) is 2.78. The van der Waals surface area contributed by atoms with Gasteiger partial charge in [0.15, 0.2) is 0 Å². The number of hydrogen-bond donors (Lipinski definition) is 0. The first-order valence-electron chi connectivity index (χ1n) is 4.73. The SMILES string of the molecule is C1COOC2CCCC(C1)C2. The van der Waals surface area contributed by atoms with Gasteiger partial charge >= 0.3 is 0 Å². The smallest absolute Gasteiger partial charge is 0.0932 e. The van der Waals surface area contributed by atoms with E-state index in [0.717, 1.165) is 12.5 Å². The van der Waals surface area contributed by atoms with Gasteiger partial charge in [0.1, 0.15) is 0 Å². The Hall–Kier alpha value is -0.0800. The Morgan fingerprint density at radius 1 is 1.00 bits per heavy atom. The Morgan fingerprint density at radius 3 is 2.91 bits per heavy atom. The first-order valence-corrected chi connectivity index (χ1v) is 4.73. The molecule has 0 aromatic carbocycles. The molecule has 1 saturated heterocycles. The summed E-state index contributed by atoms with van der Waals surface area (Å²) in [5.74, 6) is 0.928. The minimum atomic E-state index is 0.411. The van der Waals surface area contributed by atoms with Crippen LogP contribution in [0.25, 0.3) is 0 Å². The highest BCUT2D eigenvalue weighted by molar-refractivity contribution is 4.73. The van der Waals surface area contributed by atoms with Crippen LogP contribution in [0, 0.1) is 5.92 Å². The van der Waals surface area contributed by atoms with E-state index in [0.29, 0.717) is 6.10 Å². The van der Waals surface area contributed by atoms with Crippen molar-refractivity contribution >= 4 is 0 Å². The number of hydrogen-bond acceptors (Lipinski definition) is 2. The first kappa shape index (κ1) is 7.56. The molecular formula is C9H16O2. The maximum Gasteiger partial charge on any atom is 0.0932 e. The second-order valence-electron chi connectivity index (χ2n) is 3.72. The highest BCUT2D eigenvalue weighted by Gasteiger charge is 2.24. The molecule has 64 valence electrons. The molecule has 2 aliphatic rings. The van der Waals surface area contributed by atoms with Gasteiger partial charge in [0.2, 0.25) is 0 Å². The normalized spacial score (nSPS) is 39.3.